The Bertz CT molecular complexity index is 741. The molecule has 0 aliphatic heterocycles. The van der Waals surface area contributed by atoms with E-state index in [1.165, 1.54) is 17.8 Å². The molecule has 0 aliphatic rings. The standard InChI is InChI=1S/C15H16FNO2S2/c1-10(17)15-13(16)4-3-5-14(15)20-11-6-8-12(9-7-11)21(2,18)19/h3-10H,17H2,1-2H3. The molecule has 112 valence electrons. The summed E-state index contributed by atoms with van der Waals surface area (Å²) in [6.45, 7) is 1.73. The van der Waals surface area contributed by atoms with E-state index in [9.17, 15) is 12.8 Å². The van der Waals surface area contributed by atoms with Crippen LogP contribution in [0.5, 0.6) is 0 Å². The minimum atomic E-state index is -3.21. The Kier molecular flexibility index (Phi) is 4.70. The Morgan fingerprint density at radius 1 is 1.14 bits per heavy atom. The van der Waals surface area contributed by atoms with Gasteiger partial charge in [0.05, 0.1) is 4.90 Å². The van der Waals surface area contributed by atoms with Gasteiger partial charge >= 0.3 is 0 Å². The zero-order chi connectivity index (χ0) is 15.6. The maximum atomic E-state index is 13.9. The van der Waals surface area contributed by atoms with E-state index >= 15 is 0 Å². The van der Waals surface area contributed by atoms with Crippen LogP contribution in [0.4, 0.5) is 4.39 Å². The van der Waals surface area contributed by atoms with Gasteiger partial charge in [-0.05, 0) is 43.3 Å². The SMILES string of the molecule is CC(N)c1c(F)cccc1Sc1ccc(S(C)(=O)=O)cc1. The average molecular weight is 325 g/mol. The zero-order valence-corrected chi connectivity index (χ0v) is 13.3. The van der Waals surface area contributed by atoms with Crippen molar-refractivity contribution < 1.29 is 12.8 Å². The molecule has 0 aromatic heterocycles. The van der Waals surface area contributed by atoms with Crippen molar-refractivity contribution in [2.45, 2.75) is 27.7 Å². The highest BCUT2D eigenvalue weighted by Gasteiger charge is 2.14. The fourth-order valence-corrected chi connectivity index (χ4v) is 3.63. The van der Waals surface area contributed by atoms with Gasteiger partial charge in [-0.15, -0.1) is 0 Å². The molecule has 0 aliphatic carbocycles. The molecule has 0 heterocycles. The lowest BCUT2D eigenvalue weighted by atomic mass is 10.1. The molecule has 2 aromatic carbocycles. The first-order chi connectivity index (χ1) is 9.79. The van der Waals surface area contributed by atoms with Crippen molar-refractivity contribution in [3.63, 3.8) is 0 Å². The van der Waals surface area contributed by atoms with Gasteiger partial charge in [0.1, 0.15) is 5.82 Å². The molecule has 0 fully saturated rings. The molecule has 2 N–H and O–H groups in total. The van der Waals surface area contributed by atoms with Gasteiger partial charge in [0.25, 0.3) is 0 Å². The molecule has 0 saturated carbocycles. The van der Waals surface area contributed by atoms with Gasteiger partial charge in [0.2, 0.25) is 0 Å². The van der Waals surface area contributed by atoms with Gasteiger partial charge in [-0.25, -0.2) is 12.8 Å². The summed E-state index contributed by atoms with van der Waals surface area (Å²) < 4.78 is 36.7. The lowest BCUT2D eigenvalue weighted by Gasteiger charge is -2.13. The van der Waals surface area contributed by atoms with Crippen LogP contribution in [0, 0.1) is 5.82 Å². The summed E-state index contributed by atoms with van der Waals surface area (Å²) in [5, 5.41) is 0. The average Bonchev–Trinajstić information content (AvgIpc) is 2.38. The van der Waals surface area contributed by atoms with Crippen molar-refractivity contribution >= 4 is 21.6 Å². The van der Waals surface area contributed by atoms with Crippen molar-refractivity contribution in [3.05, 3.63) is 53.8 Å². The van der Waals surface area contributed by atoms with E-state index in [-0.39, 0.29) is 10.7 Å². The van der Waals surface area contributed by atoms with Gasteiger partial charge in [0, 0.05) is 27.7 Å². The predicted octanol–water partition coefficient (Wildman–Crippen LogP) is 3.40. The molecule has 1 unspecified atom stereocenters. The van der Waals surface area contributed by atoms with Crippen molar-refractivity contribution in [3.8, 4) is 0 Å². The fourth-order valence-electron chi connectivity index (χ4n) is 1.93. The van der Waals surface area contributed by atoms with Gasteiger partial charge in [-0.2, -0.15) is 0 Å². The minimum absolute atomic E-state index is 0.263. The predicted molar refractivity (Wildman–Crippen MR) is 82.7 cm³/mol. The first-order valence-corrected chi connectivity index (χ1v) is 9.02. The molecular weight excluding hydrogens is 309 g/mol. The highest BCUT2D eigenvalue weighted by atomic mass is 32.2. The van der Waals surface area contributed by atoms with Crippen LogP contribution in [-0.2, 0) is 9.84 Å². The van der Waals surface area contributed by atoms with E-state index in [4.69, 9.17) is 5.73 Å². The van der Waals surface area contributed by atoms with Crippen LogP contribution in [-0.4, -0.2) is 14.7 Å². The Labute approximate surface area is 128 Å². The van der Waals surface area contributed by atoms with Gasteiger partial charge < -0.3 is 5.73 Å². The first kappa shape index (κ1) is 16.0. The van der Waals surface area contributed by atoms with Crippen LogP contribution in [0.2, 0.25) is 0 Å². The van der Waals surface area contributed by atoms with E-state index < -0.39 is 15.9 Å². The summed E-state index contributed by atoms with van der Waals surface area (Å²) in [6, 6.07) is 10.9. The van der Waals surface area contributed by atoms with Crippen molar-refractivity contribution in [1.29, 1.82) is 0 Å². The molecule has 0 radical (unpaired) electrons. The smallest absolute Gasteiger partial charge is 0.175 e. The molecule has 0 bridgehead atoms. The Morgan fingerprint density at radius 2 is 1.76 bits per heavy atom. The number of hydrogen-bond acceptors (Lipinski definition) is 4. The second kappa shape index (κ2) is 6.17. The molecule has 21 heavy (non-hydrogen) atoms. The highest BCUT2D eigenvalue weighted by Crippen LogP contribution is 2.34. The van der Waals surface area contributed by atoms with E-state index in [1.54, 1.807) is 43.3 Å². The fraction of sp³-hybridized carbons (Fsp3) is 0.200. The third-order valence-electron chi connectivity index (χ3n) is 2.95. The normalized spacial score (nSPS) is 13.1. The van der Waals surface area contributed by atoms with Crippen LogP contribution in [0.25, 0.3) is 0 Å². The summed E-state index contributed by atoms with van der Waals surface area (Å²) in [7, 11) is -3.21. The van der Waals surface area contributed by atoms with Crippen LogP contribution in [0.3, 0.4) is 0 Å². The number of sulfone groups is 1. The Balaban J connectivity index is 2.33. The highest BCUT2D eigenvalue weighted by molar-refractivity contribution is 7.99. The maximum Gasteiger partial charge on any atom is 0.175 e. The van der Waals surface area contributed by atoms with Crippen LogP contribution in [0.1, 0.15) is 18.5 Å². The molecule has 1 atom stereocenters. The third kappa shape index (κ3) is 3.84. The van der Waals surface area contributed by atoms with Gasteiger partial charge in [-0.3, -0.25) is 0 Å². The van der Waals surface area contributed by atoms with Crippen LogP contribution < -0.4 is 5.73 Å². The topological polar surface area (TPSA) is 60.2 Å². The first-order valence-electron chi connectivity index (χ1n) is 6.31. The summed E-state index contributed by atoms with van der Waals surface area (Å²) in [6.07, 6.45) is 1.16. The largest absolute Gasteiger partial charge is 0.324 e. The minimum Gasteiger partial charge on any atom is -0.324 e. The van der Waals surface area contributed by atoms with E-state index in [0.29, 0.717) is 5.56 Å². The molecule has 0 spiro atoms. The second-order valence-corrected chi connectivity index (χ2v) is 7.92. The van der Waals surface area contributed by atoms with Crippen LogP contribution in [0.15, 0.2) is 57.2 Å². The van der Waals surface area contributed by atoms with Crippen molar-refractivity contribution in [2.75, 3.05) is 6.26 Å². The Hall–Kier alpha value is -1.37. The summed E-state index contributed by atoms with van der Waals surface area (Å²) in [5.74, 6) is -0.331. The van der Waals surface area contributed by atoms with E-state index in [0.717, 1.165) is 16.0 Å². The summed E-state index contributed by atoms with van der Waals surface area (Å²) in [5.41, 5.74) is 6.28. The number of hydrogen-bond donors (Lipinski definition) is 1. The maximum absolute atomic E-state index is 13.9. The quantitative estimate of drug-likeness (QED) is 0.936. The van der Waals surface area contributed by atoms with Gasteiger partial charge in [-0.1, -0.05) is 17.8 Å². The zero-order valence-electron chi connectivity index (χ0n) is 11.7. The third-order valence-corrected chi connectivity index (χ3v) is 5.16. The molecule has 3 nitrogen and oxygen atoms in total. The lowest BCUT2D eigenvalue weighted by molar-refractivity contribution is 0.585. The summed E-state index contributed by atoms with van der Waals surface area (Å²) >= 11 is 1.36. The number of halogens is 1. The van der Waals surface area contributed by atoms with Gasteiger partial charge in [0.15, 0.2) is 9.84 Å². The van der Waals surface area contributed by atoms with Crippen molar-refractivity contribution in [1.82, 2.24) is 0 Å². The molecule has 0 saturated heterocycles. The monoisotopic (exact) mass is 325 g/mol. The number of rotatable bonds is 4. The second-order valence-electron chi connectivity index (χ2n) is 4.79. The lowest BCUT2D eigenvalue weighted by Crippen LogP contribution is -2.08. The van der Waals surface area contributed by atoms with E-state index in [1.807, 2.05) is 0 Å². The molecule has 2 rings (SSSR count). The molecule has 6 heteroatoms. The molecular formula is C15H16FNO2S2. The Morgan fingerprint density at radius 3 is 2.29 bits per heavy atom. The number of benzene rings is 2. The van der Waals surface area contributed by atoms with E-state index in [2.05, 4.69) is 0 Å². The molecule has 2 aromatic rings. The number of nitrogens with two attached hydrogens (primary N) is 1. The van der Waals surface area contributed by atoms with Crippen LogP contribution >= 0.6 is 11.8 Å². The summed E-state index contributed by atoms with van der Waals surface area (Å²) in [4.78, 5) is 1.82. The van der Waals surface area contributed by atoms with Crippen molar-refractivity contribution in [2.24, 2.45) is 5.73 Å². The molecule has 0 amide bonds.